The molecular formula is C11H10O5. The van der Waals surface area contributed by atoms with Gasteiger partial charge in [-0.05, 0) is 11.6 Å². The summed E-state index contributed by atoms with van der Waals surface area (Å²) in [6.07, 6.45) is 2.51. The largest absolute Gasteiger partial charge is 0.478 e. The fourth-order valence-electron chi connectivity index (χ4n) is 0.732. The molecule has 1 aromatic carbocycles. The van der Waals surface area contributed by atoms with Gasteiger partial charge >= 0.3 is 11.9 Å². The molecule has 0 radical (unpaired) electrons. The Morgan fingerprint density at radius 1 is 1.00 bits per heavy atom. The highest BCUT2D eigenvalue weighted by Crippen LogP contribution is 1.99. The van der Waals surface area contributed by atoms with Crippen molar-refractivity contribution in [3.8, 4) is 0 Å². The first-order valence-electron chi connectivity index (χ1n) is 4.20. The zero-order valence-electron chi connectivity index (χ0n) is 8.24. The molecule has 5 heteroatoms. The first-order valence-corrected chi connectivity index (χ1v) is 4.20. The van der Waals surface area contributed by atoms with Gasteiger partial charge in [0.1, 0.15) is 0 Å². The van der Waals surface area contributed by atoms with Crippen molar-refractivity contribution < 1.29 is 24.6 Å². The van der Waals surface area contributed by atoms with Gasteiger partial charge in [0.2, 0.25) is 6.29 Å². The van der Waals surface area contributed by atoms with Crippen molar-refractivity contribution >= 4 is 24.3 Å². The summed E-state index contributed by atoms with van der Waals surface area (Å²) < 4.78 is 0. The Labute approximate surface area is 91.6 Å². The van der Waals surface area contributed by atoms with Crippen molar-refractivity contribution in [3.05, 3.63) is 42.0 Å². The first-order chi connectivity index (χ1) is 7.56. The van der Waals surface area contributed by atoms with E-state index in [4.69, 9.17) is 19.8 Å². The Morgan fingerprint density at radius 3 is 1.88 bits per heavy atom. The summed E-state index contributed by atoms with van der Waals surface area (Å²) in [6.45, 7) is 0. The third kappa shape index (κ3) is 8.18. The van der Waals surface area contributed by atoms with Gasteiger partial charge in [-0.15, -0.1) is 0 Å². The van der Waals surface area contributed by atoms with Gasteiger partial charge in [-0.3, -0.25) is 4.79 Å². The van der Waals surface area contributed by atoms with E-state index < -0.39 is 11.9 Å². The molecule has 0 aliphatic heterocycles. The maximum absolute atomic E-state index is 10.1. The van der Waals surface area contributed by atoms with Gasteiger partial charge in [-0.25, -0.2) is 9.59 Å². The summed E-state index contributed by atoms with van der Waals surface area (Å²) in [5, 5.41) is 15.6. The van der Waals surface area contributed by atoms with Gasteiger partial charge in [-0.1, -0.05) is 30.3 Å². The Bertz CT molecular complexity index is 381. The molecule has 0 saturated carbocycles. The predicted molar refractivity (Wildman–Crippen MR) is 56.8 cm³/mol. The van der Waals surface area contributed by atoms with Gasteiger partial charge in [0.15, 0.2) is 0 Å². The zero-order valence-corrected chi connectivity index (χ0v) is 8.24. The van der Waals surface area contributed by atoms with E-state index in [1.807, 2.05) is 30.3 Å². The molecule has 0 aliphatic carbocycles. The highest BCUT2D eigenvalue weighted by atomic mass is 16.4. The minimum atomic E-state index is -1.43. The second-order valence-corrected chi connectivity index (χ2v) is 2.54. The minimum absolute atomic E-state index is 0.167. The van der Waals surface area contributed by atoms with Gasteiger partial charge in [0, 0.05) is 6.08 Å². The maximum atomic E-state index is 10.1. The normalized spacial score (nSPS) is 9.00. The van der Waals surface area contributed by atoms with Crippen LogP contribution in [0.15, 0.2) is 36.4 Å². The van der Waals surface area contributed by atoms with Gasteiger partial charge in [0.05, 0.1) is 0 Å². The van der Waals surface area contributed by atoms with Crippen LogP contribution in [0, 0.1) is 0 Å². The van der Waals surface area contributed by atoms with Crippen LogP contribution in [0.2, 0.25) is 0 Å². The number of hydrogen-bond acceptors (Lipinski definition) is 3. The summed E-state index contributed by atoms with van der Waals surface area (Å²) in [7, 11) is 0. The summed E-state index contributed by atoms with van der Waals surface area (Å²) in [4.78, 5) is 28.0. The van der Waals surface area contributed by atoms with Crippen LogP contribution in [0.1, 0.15) is 5.56 Å². The van der Waals surface area contributed by atoms with Crippen LogP contribution in [-0.2, 0) is 14.4 Å². The van der Waals surface area contributed by atoms with E-state index in [1.54, 1.807) is 6.08 Å². The molecule has 0 bridgehead atoms. The van der Waals surface area contributed by atoms with Crippen LogP contribution in [0.3, 0.4) is 0 Å². The molecule has 0 fully saturated rings. The van der Waals surface area contributed by atoms with Gasteiger partial charge in [0.25, 0.3) is 0 Å². The van der Waals surface area contributed by atoms with E-state index in [0.29, 0.717) is 0 Å². The summed E-state index contributed by atoms with van der Waals surface area (Å²) in [5.41, 5.74) is 0.898. The monoisotopic (exact) mass is 222 g/mol. The van der Waals surface area contributed by atoms with E-state index in [-0.39, 0.29) is 6.29 Å². The van der Waals surface area contributed by atoms with Crippen molar-refractivity contribution in [1.82, 2.24) is 0 Å². The lowest BCUT2D eigenvalue weighted by molar-refractivity contribution is -0.143. The molecule has 16 heavy (non-hydrogen) atoms. The molecular weight excluding hydrogens is 212 g/mol. The Hall–Kier alpha value is -2.43. The quantitative estimate of drug-likeness (QED) is 0.453. The Morgan fingerprint density at radius 2 is 1.50 bits per heavy atom. The average molecular weight is 222 g/mol. The average Bonchev–Trinajstić information content (AvgIpc) is 2.28. The molecule has 0 heterocycles. The van der Waals surface area contributed by atoms with Crippen LogP contribution in [0.5, 0.6) is 0 Å². The topological polar surface area (TPSA) is 91.7 Å². The summed E-state index contributed by atoms with van der Waals surface area (Å²) >= 11 is 0. The van der Waals surface area contributed by atoms with E-state index in [9.17, 15) is 4.79 Å². The third-order valence-corrected chi connectivity index (χ3v) is 1.32. The molecule has 0 unspecified atom stereocenters. The van der Waals surface area contributed by atoms with Crippen LogP contribution in [0.4, 0.5) is 0 Å². The SMILES string of the molecule is O=C(O)C=Cc1ccccc1.O=CC(=O)O. The molecule has 1 rings (SSSR count). The van der Waals surface area contributed by atoms with Crippen LogP contribution in [0.25, 0.3) is 6.08 Å². The number of benzene rings is 1. The van der Waals surface area contributed by atoms with Crippen molar-refractivity contribution in [2.75, 3.05) is 0 Å². The first kappa shape index (κ1) is 13.6. The molecule has 2 N–H and O–H groups in total. The van der Waals surface area contributed by atoms with Crippen molar-refractivity contribution in [2.24, 2.45) is 0 Å². The Balaban J connectivity index is 0.000000385. The lowest BCUT2D eigenvalue weighted by atomic mass is 10.2. The smallest absolute Gasteiger partial charge is 0.368 e. The molecule has 1 aromatic rings. The zero-order chi connectivity index (χ0) is 12.4. The number of rotatable bonds is 3. The summed E-state index contributed by atoms with van der Waals surface area (Å²) in [5.74, 6) is -2.35. The lowest BCUT2D eigenvalue weighted by Crippen LogP contribution is -1.91. The second kappa shape index (κ2) is 7.93. The number of hydrogen-bond donors (Lipinski definition) is 2. The molecule has 0 amide bonds. The number of carboxylic acid groups (broad SMARTS) is 2. The highest BCUT2D eigenvalue weighted by Gasteiger charge is 1.85. The third-order valence-electron chi connectivity index (χ3n) is 1.32. The number of carbonyl (C=O) groups is 3. The molecule has 5 nitrogen and oxygen atoms in total. The summed E-state index contributed by atoms with van der Waals surface area (Å²) in [6, 6.07) is 9.31. The van der Waals surface area contributed by atoms with E-state index in [2.05, 4.69) is 0 Å². The molecule has 84 valence electrons. The standard InChI is InChI=1S/C9H8O2.C2H2O3/c10-9(11)7-6-8-4-2-1-3-5-8;3-1-2(4)5/h1-7H,(H,10,11);1H,(H,4,5). The van der Waals surface area contributed by atoms with Crippen molar-refractivity contribution in [2.45, 2.75) is 0 Å². The van der Waals surface area contributed by atoms with Crippen molar-refractivity contribution in [1.29, 1.82) is 0 Å². The van der Waals surface area contributed by atoms with E-state index >= 15 is 0 Å². The molecule has 0 saturated heterocycles. The fourth-order valence-corrected chi connectivity index (χ4v) is 0.732. The predicted octanol–water partition coefficient (Wildman–Crippen LogP) is 1.05. The number of carbonyl (C=O) groups excluding carboxylic acids is 1. The molecule has 0 aromatic heterocycles. The van der Waals surface area contributed by atoms with Crippen LogP contribution >= 0.6 is 0 Å². The van der Waals surface area contributed by atoms with E-state index in [1.165, 1.54) is 0 Å². The van der Waals surface area contributed by atoms with Gasteiger partial charge in [-0.2, -0.15) is 0 Å². The lowest BCUT2D eigenvalue weighted by Gasteiger charge is -1.87. The number of aldehydes is 1. The van der Waals surface area contributed by atoms with Crippen LogP contribution in [-0.4, -0.2) is 28.4 Å². The highest BCUT2D eigenvalue weighted by molar-refractivity contribution is 6.19. The van der Waals surface area contributed by atoms with Gasteiger partial charge < -0.3 is 10.2 Å². The van der Waals surface area contributed by atoms with E-state index in [0.717, 1.165) is 11.6 Å². The van der Waals surface area contributed by atoms with Crippen molar-refractivity contribution in [3.63, 3.8) is 0 Å². The maximum Gasteiger partial charge on any atom is 0.368 e. The molecule has 0 spiro atoms. The number of carboxylic acids is 2. The molecule has 0 atom stereocenters. The van der Waals surface area contributed by atoms with Crippen LogP contribution < -0.4 is 0 Å². The molecule has 0 aliphatic rings. The second-order valence-electron chi connectivity index (χ2n) is 2.54. The minimum Gasteiger partial charge on any atom is -0.478 e. The fraction of sp³-hybridized carbons (Fsp3) is 0. The number of aliphatic carboxylic acids is 2. The Kier molecular flexibility index (Phi) is 6.72.